The molecule has 0 saturated heterocycles. The molecule has 0 radical (unpaired) electrons. The number of hydrogen-bond donors (Lipinski definition) is 0. The van der Waals surface area contributed by atoms with Crippen LogP contribution in [0.3, 0.4) is 0 Å². The van der Waals surface area contributed by atoms with Crippen molar-refractivity contribution in [3.05, 3.63) is 47.6 Å². The molecule has 38 valence electrons. The van der Waals surface area contributed by atoms with Crippen molar-refractivity contribution in [2.24, 2.45) is 0 Å². The average molecular weight is 102 g/mol. The van der Waals surface area contributed by atoms with Crippen LogP contribution in [0.1, 0.15) is 0 Å². The molecule has 2 aliphatic rings. The third-order valence-electron chi connectivity index (χ3n) is 1.44. The highest BCUT2D eigenvalue weighted by Crippen LogP contribution is 2.35. The summed E-state index contributed by atoms with van der Waals surface area (Å²) >= 11 is 0. The van der Waals surface area contributed by atoms with Gasteiger partial charge in [0.25, 0.3) is 0 Å². The van der Waals surface area contributed by atoms with Gasteiger partial charge >= 0.3 is 0 Å². The summed E-state index contributed by atoms with van der Waals surface area (Å²) in [7, 11) is 0. The highest BCUT2D eigenvalue weighted by atomic mass is 14.2. The van der Waals surface area contributed by atoms with Gasteiger partial charge in [-0.2, -0.15) is 0 Å². The zero-order valence-corrected chi connectivity index (χ0v) is 4.52. The summed E-state index contributed by atoms with van der Waals surface area (Å²) in [6.07, 6.45) is 8.34. The quantitative estimate of drug-likeness (QED) is 0.475. The molecular formula is C8H6. The maximum absolute atomic E-state index is 3.78. The molecule has 0 amide bonds. The number of hydrogen-bond acceptors (Lipinski definition) is 0. The van der Waals surface area contributed by atoms with Gasteiger partial charge in [-0.15, -0.1) is 0 Å². The largest absolute Gasteiger partial charge is 0.0911 e. The maximum atomic E-state index is 3.78. The van der Waals surface area contributed by atoms with Crippen molar-refractivity contribution >= 4 is 0 Å². The molecule has 0 saturated carbocycles. The lowest BCUT2D eigenvalue weighted by Crippen LogP contribution is -1.80. The fraction of sp³-hybridized carbons (Fsp3) is 0. The molecule has 8 heavy (non-hydrogen) atoms. The molecule has 0 fully saturated rings. The fourth-order valence-corrected chi connectivity index (χ4v) is 0.779. The van der Waals surface area contributed by atoms with Gasteiger partial charge in [-0.1, -0.05) is 24.8 Å². The van der Waals surface area contributed by atoms with Gasteiger partial charge in [0.1, 0.15) is 0 Å². The Kier molecular flexibility index (Phi) is 0.500. The first-order valence-corrected chi connectivity index (χ1v) is 2.67. The van der Waals surface area contributed by atoms with Crippen LogP contribution in [0.25, 0.3) is 0 Å². The van der Waals surface area contributed by atoms with E-state index in [9.17, 15) is 0 Å². The van der Waals surface area contributed by atoms with Gasteiger partial charge in [-0.3, -0.25) is 0 Å². The molecule has 0 unspecified atom stereocenters. The van der Waals surface area contributed by atoms with E-state index in [0.29, 0.717) is 0 Å². The average Bonchev–Trinajstić information content (AvgIpc) is 2.13. The summed E-state index contributed by atoms with van der Waals surface area (Å²) in [5.74, 6) is 0. The molecule has 2 rings (SSSR count). The van der Waals surface area contributed by atoms with E-state index in [-0.39, 0.29) is 0 Å². The normalized spacial score (nSPS) is 21.8. The Morgan fingerprint density at radius 2 is 2.00 bits per heavy atom. The first-order valence-electron chi connectivity index (χ1n) is 2.67. The van der Waals surface area contributed by atoms with E-state index in [1.54, 1.807) is 0 Å². The molecule has 0 nitrogen and oxygen atoms in total. The van der Waals surface area contributed by atoms with Crippen LogP contribution >= 0.6 is 0 Å². The third kappa shape index (κ3) is 0.348. The Bertz CT molecular complexity index is 231. The Morgan fingerprint density at radius 3 is 2.12 bits per heavy atom. The van der Waals surface area contributed by atoms with Crippen molar-refractivity contribution < 1.29 is 0 Å². The lowest BCUT2D eigenvalue weighted by atomic mass is 10.1. The van der Waals surface area contributed by atoms with E-state index < -0.39 is 0 Å². The van der Waals surface area contributed by atoms with Gasteiger partial charge in [0, 0.05) is 0 Å². The van der Waals surface area contributed by atoms with Gasteiger partial charge in [0.2, 0.25) is 0 Å². The predicted molar refractivity (Wildman–Crippen MR) is 34.4 cm³/mol. The zero-order valence-electron chi connectivity index (χ0n) is 4.52. The Hall–Kier alpha value is -1.04. The standard InChI is InChI=1S/C8H6/c1-6-5-8(6)7-3-2-4-7/h2-5H,1H2. The van der Waals surface area contributed by atoms with Crippen LogP contribution in [-0.2, 0) is 0 Å². The van der Waals surface area contributed by atoms with E-state index in [2.05, 4.69) is 24.8 Å². The van der Waals surface area contributed by atoms with Crippen molar-refractivity contribution in [3.63, 3.8) is 0 Å². The summed E-state index contributed by atoms with van der Waals surface area (Å²) in [5, 5.41) is 0. The second-order valence-electron chi connectivity index (χ2n) is 2.06. The molecule has 0 atom stereocenters. The molecule has 0 aliphatic heterocycles. The predicted octanol–water partition coefficient (Wildman–Crippen LogP) is 1.98. The minimum absolute atomic E-state index is 1.20. The van der Waals surface area contributed by atoms with E-state index in [1.807, 2.05) is 6.08 Å². The summed E-state index contributed by atoms with van der Waals surface area (Å²) in [6, 6.07) is 0. The molecule has 0 spiro atoms. The molecular weight excluding hydrogens is 96.1 g/mol. The summed E-state index contributed by atoms with van der Waals surface area (Å²) < 4.78 is 0. The molecule has 0 aromatic carbocycles. The molecule has 0 aromatic heterocycles. The van der Waals surface area contributed by atoms with Crippen molar-refractivity contribution in [2.75, 3.05) is 0 Å². The topological polar surface area (TPSA) is 0 Å². The van der Waals surface area contributed by atoms with E-state index in [1.165, 1.54) is 16.7 Å². The van der Waals surface area contributed by atoms with Crippen LogP contribution in [0.4, 0.5) is 0 Å². The summed E-state index contributed by atoms with van der Waals surface area (Å²) in [6.45, 7) is 3.78. The van der Waals surface area contributed by atoms with Gasteiger partial charge in [0.15, 0.2) is 0 Å². The van der Waals surface area contributed by atoms with Gasteiger partial charge in [-0.05, 0) is 22.8 Å². The molecule has 0 heteroatoms. The van der Waals surface area contributed by atoms with Crippen LogP contribution < -0.4 is 0 Å². The van der Waals surface area contributed by atoms with Crippen LogP contribution in [0, 0.1) is 0 Å². The van der Waals surface area contributed by atoms with Gasteiger partial charge < -0.3 is 0 Å². The Balaban J connectivity index is 2.21. The van der Waals surface area contributed by atoms with Crippen molar-refractivity contribution in [3.8, 4) is 0 Å². The zero-order chi connectivity index (χ0) is 5.56. The number of allylic oxidation sites excluding steroid dienone is 7. The minimum Gasteiger partial charge on any atom is -0.0911 e. The van der Waals surface area contributed by atoms with E-state index >= 15 is 0 Å². The summed E-state index contributed by atoms with van der Waals surface area (Å²) in [4.78, 5) is 0. The Morgan fingerprint density at radius 1 is 1.38 bits per heavy atom. The molecule has 0 N–H and O–H groups in total. The summed E-state index contributed by atoms with van der Waals surface area (Å²) in [5.41, 5.74) is 3.88. The van der Waals surface area contributed by atoms with Crippen molar-refractivity contribution in [1.29, 1.82) is 0 Å². The second-order valence-corrected chi connectivity index (χ2v) is 2.06. The maximum Gasteiger partial charge on any atom is -0.0111 e. The fourth-order valence-electron chi connectivity index (χ4n) is 0.779. The van der Waals surface area contributed by atoms with E-state index in [0.717, 1.165) is 0 Å². The molecule has 0 bridgehead atoms. The first kappa shape index (κ1) is 3.90. The smallest absolute Gasteiger partial charge is 0.0111 e. The highest BCUT2D eigenvalue weighted by Gasteiger charge is 2.17. The molecule has 0 aromatic rings. The lowest BCUT2D eigenvalue weighted by Gasteiger charge is -1.99. The third-order valence-corrected chi connectivity index (χ3v) is 1.44. The van der Waals surface area contributed by atoms with Gasteiger partial charge in [0.05, 0.1) is 0 Å². The van der Waals surface area contributed by atoms with Crippen molar-refractivity contribution in [1.82, 2.24) is 0 Å². The van der Waals surface area contributed by atoms with Crippen LogP contribution in [0.5, 0.6) is 0 Å². The molecule has 0 heterocycles. The lowest BCUT2D eigenvalue weighted by molar-refractivity contribution is 1.56. The van der Waals surface area contributed by atoms with Crippen LogP contribution in [0.2, 0.25) is 0 Å². The van der Waals surface area contributed by atoms with Gasteiger partial charge in [-0.25, -0.2) is 0 Å². The van der Waals surface area contributed by atoms with Crippen molar-refractivity contribution in [2.45, 2.75) is 0 Å². The molecule has 2 aliphatic carbocycles. The monoisotopic (exact) mass is 102 g/mol. The van der Waals surface area contributed by atoms with E-state index in [4.69, 9.17) is 0 Å². The second kappa shape index (κ2) is 1.03. The SMILES string of the molecule is C=C1C=C1C1=CC=C1. The van der Waals surface area contributed by atoms with Crippen LogP contribution in [0.15, 0.2) is 47.6 Å². The van der Waals surface area contributed by atoms with Crippen LogP contribution in [-0.4, -0.2) is 0 Å². The Labute approximate surface area is 48.5 Å². The number of rotatable bonds is 1. The minimum atomic E-state index is 1.20. The highest BCUT2D eigenvalue weighted by molar-refractivity contribution is 5.71. The first-order chi connectivity index (χ1) is 3.88.